The van der Waals surface area contributed by atoms with E-state index in [0.29, 0.717) is 30.9 Å². The normalized spacial score (nSPS) is 24.8. The van der Waals surface area contributed by atoms with Crippen LogP contribution in [0.3, 0.4) is 0 Å². The molecule has 1 unspecified atom stereocenters. The molecular formula is C14H17N3O4. The van der Waals surface area contributed by atoms with Gasteiger partial charge in [0.05, 0.1) is 13.1 Å². The Balaban J connectivity index is 1.81. The summed E-state index contributed by atoms with van der Waals surface area (Å²) in [5.74, 6) is -0.203. The van der Waals surface area contributed by atoms with Crippen LogP contribution < -0.4 is 10.9 Å². The van der Waals surface area contributed by atoms with Crippen molar-refractivity contribution in [3.63, 3.8) is 0 Å². The topological polar surface area (TPSA) is 91.5 Å². The molecule has 1 spiro atoms. The zero-order valence-corrected chi connectivity index (χ0v) is 11.8. The number of piperidine rings is 1. The number of carbonyl (C=O) groups is 2. The van der Waals surface area contributed by atoms with E-state index in [9.17, 15) is 14.4 Å². The van der Waals surface area contributed by atoms with Crippen LogP contribution in [0.1, 0.15) is 28.9 Å². The molecule has 2 fully saturated rings. The van der Waals surface area contributed by atoms with Crippen LogP contribution in [0.2, 0.25) is 0 Å². The average molecular weight is 291 g/mol. The Hall–Kier alpha value is -2.31. The quantitative estimate of drug-likeness (QED) is 0.783. The van der Waals surface area contributed by atoms with Gasteiger partial charge in [0, 0.05) is 23.9 Å². The molecule has 1 aromatic heterocycles. The Morgan fingerprint density at radius 3 is 2.86 bits per heavy atom. The molecule has 7 heteroatoms. The summed E-state index contributed by atoms with van der Waals surface area (Å²) in [4.78, 5) is 39.6. The zero-order valence-electron chi connectivity index (χ0n) is 11.8. The first kappa shape index (κ1) is 13.7. The predicted molar refractivity (Wildman–Crippen MR) is 74.2 cm³/mol. The van der Waals surface area contributed by atoms with Crippen molar-refractivity contribution in [3.8, 4) is 0 Å². The molecule has 2 aliphatic rings. The van der Waals surface area contributed by atoms with E-state index >= 15 is 0 Å². The van der Waals surface area contributed by atoms with Crippen LogP contribution in [0.5, 0.6) is 0 Å². The Kier molecular flexibility index (Phi) is 3.19. The zero-order chi connectivity index (χ0) is 15.0. The fraction of sp³-hybridized carbons (Fsp3) is 0.500. The fourth-order valence-corrected chi connectivity index (χ4v) is 2.99. The highest BCUT2D eigenvalue weighted by molar-refractivity contribution is 5.94. The minimum absolute atomic E-state index is 0.203. The summed E-state index contributed by atoms with van der Waals surface area (Å²) >= 11 is 0. The van der Waals surface area contributed by atoms with Gasteiger partial charge in [-0.3, -0.25) is 9.59 Å². The molecule has 112 valence electrons. The van der Waals surface area contributed by atoms with Crippen molar-refractivity contribution in [2.24, 2.45) is 0 Å². The van der Waals surface area contributed by atoms with Crippen LogP contribution in [0, 0.1) is 6.92 Å². The number of ether oxygens (including phenoxy) is 1. The average Bonchev–Trinajstić information content (AvgIpc) is 2.77. The van der Waals surface area contributed by atoms with E-state index < -0.39 is 11.7 Å². The van der Waals surface area contributed by atoms with Gasteiger partial charge in [0.25, 0.3) is 5.91 Å². The number of pyridine rings is 1. The molecule has 0 radical (unpaired) electrons. The minimum Gasteiger partial charge on any atom is -0.439 e. The van der Waals surface area contributed by atoms with Crippen molar-refractivity contribution >= 4 is 12.0 Å². The summed E-state index contributed by atoms with van der Waals surface area (Å²) in [6, 6.07) is 2.96. The predicted octanol–water partition coefficient (Wildman–Crippen LogP) is 0.398. The van der Waals surface area contributed by atoms with E-state index in [2.05, 4.69) is 10.3 Å². The lowest BCUT2D eigenvalue weighted by Gasteiger charge is -2.38. The number of alkyl carbamates (subject to hydrolysis) is 1. The number of aromatic amines is 1. The van der Waals surface area contributed by atoms with E-state index in [0.717, 1.165) is 12.8 Å². The second-order valence-corrected chi connectivity index (χ2v) is 5.67. The van der Waals surface area contributed by atoms with Gasteiger partial charge in [0.2, 0.25) is 5.56 Å². The molecule has 2 N–H and O–H groups in total. The van der Waals surface area contributed by atoms with Crippen molar-refractivity contribution in [3.05, 3.63) is 33.7 Å². The number of hydrogen-bond acceptors (Lipinski definition) is 4. The largest absolute Gasteiger partial charge is 0.439 e. The monoisotopic (exact) mass is 291 g/mol. The molecule has 21 heavy (non-hydrogen) atoms. The van der Waals surface area contributed by atoms with Crippen molar-refractivity contribution in [1.82, 2.24) is 15.2 Å². The summed E-state index contributed by atoms with van der Waals surface area (Å²) in [5, 5.41) is 2.64. The molecule has 0 aromatic carbocycles. The van der Waals surface area contributed by atoms with E-state index in [4.69, 9.17) is 4.74 Å². The number of nitrogens with zero attached hydrogens (tertiary/aromatic N) is 1. The number of hydrogen-bond donors (Lipinski definition) is 2. The van der Waals surface area contributed by atoms with Crippen LogP contribution in [-0.2, 0) is 4.74 Å². The molecule has 0 saturated carbocycles. The Labute approximate surface area is 121 Å². The third kappa shape index (κ3) is 2.63. The molecule has 2 saturated heterocycles. The number of aryl methyl sites for hydroxylation is 1. The number of amides is 2. The number of aromatic nitrogens is 1. The van der Waals surface area contributed by atoms with E-state index in [-0.39, 0.29) is 11.5 Å². The first-order chi connectivity index (χ1) is 9.97. The molecule has 7 nitrogen and oxygen atoms in total. The van der Waals surface area contributed by atoms with Gasteiger partial charge in [0.15, 0.2) is 0 Å². The highest BCUT2D eigenvalue weighted by Crippen LogP contribution is 2.28. The second-order valence-electron chi connectivity index (χ2n) is 5.67. The van der Waals surface area contributed by atoms with Crippen LogP contribution in [0.4, 0.5) is 4.79 Å². The molecule has 0 bridgehead atoms. The van der Waals surface area contributed by atoms with Gasteiger partial charge >= 0.3 is 6.09 Å². The van der Waals surface area contributed by atoms with Crippen LogP contribution in [0.15, 0.2) is 16.9 Å². The SMILES string of the molecule is Cc1cc(C(=O)N2CCCC3(CNC(=O)O3)C2)cc(=O)[nH]1. The maximum atomic E-state index is 12.5. The standard InChI is InChI=1S/C14H17N3O4/c1-9-5-10(6-11(18)16-9)12(19)17-4-2-3-14(8-17)7-15-13(20)21-14/h5-6H,2-4,7-8H2,1H3,(H,15,20)(H,16,18). The first-order valence-corrected chi connectivity index (χ1v) is 6.95. The van der Waals surface area contributed by atoms with E-state index in [1.54, 1.807) is 17.9 Å². The number of H-pyrrole nitrogens is 1. The lowest BCUT2D eigenvalue weighted by molar-refractivity contribution is -0.00504. The maximum absolute atomic E-state index is 12.5. The van der Waals surface area contributed by atoms with Gasteiger partial charge in [0.1, 0.15) is 5.60 Å². The molecule has 3 rings (SSSR count). The Morgan fingerprint density at radius 2 is 2.19 bits per heavy atom. The minimum atomic E-state index is -0.624. The second kappa shape index (κ2) is 4.91. The van der Waals surface area contributed by atoms with Crippen molar-refractivity contribution < 1.29 is 14.3 Å². The Bertz CT molecular complexity index is 654. The van der Waals surface area contributed by atoms with E-state index in [1.165, 1.54) is 6.07 Å². The Morgan fingerprint density at radius 1 is 1.38 bits per heavy atom. The van der Waals surface area contributed by atoms with Gasteiger partial charge < -0.3 is 19.9 Å². The summed E-state index contributed by atoms with van der Waals surface area (Å²) in [7, 11) is 0. The van der Waals surface area contributed by atoms with Crippen molar-refractivity contribution in [2.75, 3.05) is 19.6 Å². The van der Waals surface area contributed by atoms with E-state index in [1.807, 2.05) is 0 Å². The van der Waals surface area contributed by atoms with Gasteiger partial charge in [-0.1, -0.05) is 0 Å². The van der Waals surface area contributed by atoms with Crippen LogP contribution in [0.25, 0.3) is 0 Å². The van der Waals surface area contributed by atoms with Gasteiger partial charge in [-0.15, -0.1) is 0 Å². The summed E-state index contributed by atoms with van der Waals surface area (Å²) in [5.41, 5.74) is 0.0949. The molecule has 1 aromatic rings. The van der Waals surface area contributed by atoms with Crippen LogP contribution >= 0.6 is 0 Å². The molecular weight excluding hydrogens is 274 g/mol. The van der Waals surface area contributed by atoms with Gasteiger partial charge in [-0.05, 0) is 25.8 Å². The third-order valence-corrected chi connectivity index (χ3v) is 3.92. The van der Waals surface area contributed by atoms with Crippen molar-refractivity contribution in [1.29, 1.82) is 0 Å². The lowest BCUT2D eigenvalue weighted by Crippen LogP contribution is -2.52. The third-order valence-electron chi connectivity index (χ3n) is 3.92. The summed E-state index contributed by atoms with van der Waals surface area (Å²) in [6.45, 7) is 3.11. The first-order valence-electron chi connectivity index (χ1n) is 6.95. The number of likely N-dealkylation sites (tertiary alicyclic amines) is 1. The summed E-state index contributed by atoms with van der Waals surface area (Å²) < 4.78 is 5.34. The van der Waals surface area contributed by atoms with Crippen molar-refractivity contribution in [2.45, 2.75) is 25.4 Å². The molecule has 0 aliphatic carbocycles. The fourth-order valence-electron chi connectivity index (χ4n) is 2.99. The number of nitrogens with one attached hydrogen (secondary N) is 2. The molecule has 3 heterocycles. The summed E-state index contributed by atoms with van der Waals surface area (Å²) in [6.07, 6.45) is 1.07. The van der Waals surface area contributed by atoms with Gasteiger partial charge in [-0.25, -0.2) is 4.79 Å². The molecule has 1 atom stereocenters. The molecule has 2 amide bonds. The smallest absolute Gasteiger partial charge is 0.407 e. The van der Waals surface area contributed by atoms with Gasteiger partial charge in [-0.2, -0.15) is 0 Å². The maximum Gasteiger partial charge on any atom is 0.407 e. The van der Waals surface area contributed by atoms with Crippen LogP contribution in [-0.4, -0.2) is 47.1 Å². The highest BCUT2D eigenvalue weighted by atomic mass is 16.6. The highest BCUT2D eigenvalue weighted by Gasteiger charge is 2.44. The lowest BCUT2D eigenvalue weighted by atomic mass is 9.92. The number of rotatable bonds is 1. The number of carbonyl (C=O) groups excluding carboxylic acids is 2. The molecule has 2 aliphatic heterocycles.